The molecule has 0 radical (unpaired) electrons. The Labute approximate surface area is 263 Å². The first kappa shape index (κ1) is 34.6. The third kappa shape index (κ3) is 12.0. The fraction of sp³-hybridized carbons (Fsp3) is 0.382. The number of ether oxygens (including phenoxy) is 1. The Bertz CT molecular complexity index is 1300. The maximum atomic E-state index is 13.9. The number of hydrogen-bond acceptors (Lipinski definition) is 7. The van der Waals surface area contributed by atoms with Crippen molar-refractivity contribution in [2.45, 2.75) is 62.3 Å². The average Bonchev–Trinajstić information content (AvgIpc) is 3.00. The molecule has 0 fully saturated rings. The molecule has 0 aliphatic heterocycles. The van der Waals surface area contributed by atoms with Gasteiger partial charge in [-0.25, -0.2) is 4.79 Å². The van der Waals surface area contributed by atoms with Crippen LogP contribution in [0.1, 0.15) is 44.4 Å². The van der Waals surface area contributed by atoms with Crippen LogP contribution in [0.5, 0.6) is 0 Å². The molecule has 0 aromatic heterocycles. The minimum atomic E-state index is -1.12. The monoisotopic (exact) mass is 621 g/mol. The van der Waals surface area contributed by atoms with Crippen molar-refractivity contribution in [1.82, 2.24) is 16.0 Å². The van der Waals surface area contributed by atoms with E-state index in [4.69, 9.17) is 4.74 Å². The molecule has 0 spiro atoms. The molecular formula is C34H43N3O6S. The molecule has 0 bridgehead atoms. The van der Waals surface area contributed by atoms with Gasteiger partial charge in [0.1, 0.15) is 11.6 Å². The molecular weight excluding hydrogens is 578 g/mol. The smallest absolute Gasteiger partial charge is 0.407 e. The standard InChI is InChI=1S/C34H43N3O6S/c1-34(2,3)43-33(42)36-28(21-24-13-7-4-8-14-24)29(39)22-26(23-44-27-17-11-6-12-18-27)31(40)37-30(32(41)35-19-20-38)25-15-9-5-10-16-25/h4-18,26,28-30,38-39H,19-23H2,1-3H3,(H,35,41)(H,36,42)(H,37,40)/t26-,28+,29+,30+/m1/s1. The molecule has 5 N–H and O–H groups in total. The van der Waals surface area contributed by atoms with Crippen molar-refractivity contribution in [3.8, 4) is 0 Å². The zero-order chi connectivity index (χ0) is 32.0. The third-order valence-electron chi connectivity index (χ3n) is 6.65. The highest BCUT2D eigenvalue weighted by molar-refractivity contribution is 7.99. The van der Waals surface area contributed by atoms with Crippen LogP contribution in [0.25, 0.3) is 0 Å². The van der Waals surface area contributed by atoms with Crippen molar-refractivity contribution in [2.24, 2.45) is 5.92 Å². The van der Waals surface area contributed by atoms with Crippen LogP contribution in [0.2, 0.25) is 0 Å². The predicted octanol–water partition coefficient (Wildman–Crippen LogP) is 4.25. The number of aliphatic hydroxyl groups is 2. The summed E-state index contributed by atoms with van der Waals surface area (Å²) in [6.45, 7) is 5.08. The molecule has 236 valence electrons. The van der Waals surface area contributed by atoms with Crippen LogP contribution in [0.15, 0.2) is 95.9 Å². The molecule has 9 nitrogen and oxygen atoms in total. The van der Waals surface area contributed by atoms with Crippen molar-refractivity contribution < 1.29 is 29.3 Å². The summed E-state index contributed by atoms with van der Waals surface area (Å²) in [5.74, 6) is -1.29. The first-order valence-electron chi connectivity index (χ1n) is 14.7. The summed E-state index contributed by atoms with van der Waals surface area (Å²) in [6.07, 6.45) is -1.45. The van der Waals surface area contributed by atoms with E-state index in [0.717, 1.165) is 10.5 Å². The number of rotatable bonds is 15. The second-order valence-electron chi connectivity index (χ2n) is 11.4. The quantitative estimate of drug-likeness (QED) is 0.160. The van der Waals surface area contributed by atoms with Crippen molar-refractivity contribution in [2.75, 3.05) is 18.9 Å². The lowest BCUT2D eigenvalue weighted by Gasteiger charge is -2.29. The lowest BCUT2D eigenvalue weighted by atomic mass is 9.93. The van der Waals surface area contributed by atoms with Gasteiger partial charge in [-0.3, -0.25) is 9.59 Å². The first-order chi connectivity index (χ1) is 21.1. The molecule has 0 saturated carbocycles. The SMILES string of the molecule is CC(C)(C)OC(=O)N[C@@H](Cc1ccccc1)[C@@H](O)C[C@H](CSc1ccccc1)C(=O)N[C@H](C(=O)NCCO)c1ccccc1. The molecule has 3 aromatic rings. The second kappa shape index (κ2) is 17.4. The van der Waals surface area contributed by atoms with Gasteiger partial charge in [0.15, 0.2) is 0 Å². The van der Waals surface area contributed by atoms with E-state index in [-0.39, 0.29) is 19.6 Å². The minimum Gasteiger partial charge on any atom is -0.444 e. The number of carbonyl (C=O) groups excluding carboxylic acids is 3. The van der Waals surface area contributed by atoms with E-state index in [9.17, 15) is 24.6 Å². The van der Waals surface area contributed by atoms with Gasteiger partial charge in [0.05, 0.1) is 18.8 Å². The zero-order valence-corrected chi connectivity index (χ0v) is 26.3. The van der Waals surface area contributed by atoms with Crippen molar-refractivity contribution in [1.29, 1.82) is 0 Å². The topological polar surface area (TPSA) is 137 Å². The highest BCUT2D eigenvalue weighted by Crippen LogP contribution is 2.25. The maximum Gasteiger partial charge on any atom is 0.407 e. The molecule has 0 aliphatic rings. The van der Waals surface area contributed by atoms with Crippen LogP contribution in [-0.2, 0) is 20.7 Å². The van der Waals surface area contributed by atoms with Crippen LogP contribution in [0, 0.1) is 5.92 Å². The number of hydrogen-bond donors (Lipinski definition) is 5. The molecule has 0 saturated heterocycles. The number of benzene rings is 3. The molecule has 10 heteroatoms. The Kier molecular flexibility index (Phi) is 13.7. The van der Waals surface area contributed by atoms with E-state index >= 15 is 0 Å². The van der Waals surface area contributed by atoms with Crippen molar-refractivity contribution >= 4 is 29.7 Å². The summed E-state index contributed by atoms with van der Waals surface area (Å²) in [5.41, 5.74) is 0.751. The van der Waals surface area contributed by atoms with Gasteiger partial charge in [0.2, 0.25) is 11.8 Å². The number of carbonyl (C=O) groups is 3. The average molecular weight is 622 g/mol. The van der Waals surface area contributed by atoms with Crippen LogP contribution in [-0.4, -0.2) is 64.8 Å². The van der Waals surface area contributed by atoms with Gasteiger partial charge in [-0.2, -0.15) is 0 Å². The zero-order valence-electron chi connectivity index (χ0n) is 25.4. The Morgan fingerprint density at radius 3 is 2.02 bits per heavy atom. The number of aliphatic hydroxyl groups excluding tert-OH is 2. The fourth-order valence-electron chi connectivity index (χ4n) is 4.52. The number of nitrogens with one attached hydrogen (secondary N) is 3. The van der Waals surface area contributed by atoms with Crippen LogP contribution >= 0.6 is 11.8 Å². The molecule has 0 unspecified atom stereocenters. The van der Waals surface area contributed by atoms with Crippen molar-refractivity contribution in [3.63, 3.8) is 0 Å². The predicted molar refractivity (Wildman–Crippen MR) is 172 cm³/mol. The fourth-order valence-corrected chi connectivity index (χ4v) is 5.55. The lowest BCUT2D eigenvalue weighted by molar-refractivity contribution is -0.131. The van der Waals surface area contributed by atoms with Gasteiger partial charge >= 0.3 is 6.09 Å². The van der Waals surface area contributed by atoms with Gasteiger partial charge in [-0.15, -0.1) is 11.8 Å². The number of amides is 3. The summed E-state index contributed by atoms with van der Waals surface area (Å²) in [4.78, 5) is 40.7. The summed E-state index contributed by atoms with van der Waals surface area (Å²) < 4.78 is 5.47. The second-order valence-corrected chi connectivity index (χ2v) is 12.5. The Hall–Kier alpha value is -3.86. The highest BCUT2D eigenvalue weighted by Gasteiger charge is 2.32. The molecule has 3 aromatic carbocycles. The van der Waals surface area contributed by atoms with Crippen LogP contribution < -0.4 is 16.0 Å². The van der Waals surface area contributed by atoms with E-state index < -0.39 is 47.6 Å². The number of thioether (sulfide) groups is 1. The molecule has 0 heterocycles. The van der Waals surface area contributed by atoms with Crippen LogP contribution in [0.4, 0.5) is 4.79 Å². The maximum absolute atomic E-state index is 13.9. The molecule has 3 rings (SSSR count). The summed E-state index contributed by atoms with van der Waals surface area (Å²) in [6, 6.07) is 26.1. The molecule has 44 heavy (non-hydrogen) atoms. The lowest BCUT2D eigenvalue weighted by Crippen LogP contribution is -2.49. The largest absolute Gasteiger partial charge is 0.444 e. The van der Waals surface area contributed by atoms with E-state index in [1.807, 2.05) is 66.7 Å². The summed E-state index contributed by atoms with van der Waals surface area (Å²) >= 11 is 1.46. The third-order valence-corrected chi connectivity index (χ3v) is 7.82. The highest BCUT2D eigenvalue weighted by atomic mass is 32.2. The summed E-state index contributed by atoms with van der Waals surface area (Å²) in [5, 5.41) is 29.1. The van der Waals surface area contributed by atoms with Gasteiger partial charge < -0.3 is 30.9 Å². The van der Waals surface area contributed by atoms with Gasteiger partial charge in [-0.05, 0) is 56.9 Å². The van der Waals surface area contributed by atoms with Gasteiger partial charge in [0, 0.05) is 23.1 Å². The van der Waals surface area contributed by atoms with Gasteiger partial charge in [-0.1, -0.05) is 78.9 Å². The Balaban J connectivity index is 1.86. The number of alkyl carbamates (subject to hydrolysis) is 1. The van der Waals surface area contributed by atoms with E-state index in [1.54, 1.807) is 45.0 Å². The van der Waals surface area contributed by atoms with Crippen molar-refractivity contribution in [3.05, 3.63) is 102 Å². The van der Waals surface area contributed by atoms with E-state index in [1.165, 1.54) is 11.8 Å². The normalized spacial score (nSPS) is 14.0. The molecule has 3 amide bonds. The Morgan fingerprint density at radius 2 is 1.43 bits per heavy atom. The van der Waals surface area contributed by atoms with Gasteiger partial charge in [0.25, 0.3) is 0 Å². The van der Waals surface area contributed by atoms with Crippen LogP contribution in [0.3, 0.4) is 0 Å². The summed E-state index contributed by atoms with van der Waals surface area (Å²) in [7, 11) is 0. The Morgan fingerprint density at radius 1 is 0.841 bits per heavy atom. The first-order valence-corrected chi connectivity index (χ1v) is 15.7. The van der Waals surface area contributed by atoms with E-state index in [2.05, 4.69) is 16.0 Å². The van der Waals surface area contributed by atoms with E-state index in [0.29, 0.717) is 17.7 Å². The minimum absolute atomic E-state index is 0.0126. The molecule has 0 aliphatic carbocycles. The molecule has 4 atom stereocenters.